The minimum Gasteiger partial charge on any atom is -0.496 e. The normalized spacial score (nSPS) is 16.9. The lowest BCUT2D eigenvalue weighted by Gasteiger charge is -2.32. The average molecular weight is 556 g/mol. The number of rotatable bonds is 7. The van der Waals surface area contributed by atoms with Crippen LogP contribution in [0.3, 0.4) is 0 Å². The van der Waals surface area contributed by atoms with Crippen LogP contribution in [-0.2, 0) is 16.4 Å². The van der Waals surface area contributed by atoms with Crippen molar-refractivity contribution in [2.75, 3.05) is 13.7 Å². The number of carbonyl (C=O) groups is 1. The number of nitrogens with one attached hydrogen (secondary N) is 1. The number of hydrogen-bond donors (Lipinski definition) is 1. The minimum atomic E-state index is -4.66. The lowest BCUT2D eigenvalue weighted by atomic mass is 9.74. The summed E-state index contributed by atoms with van der Waals surface area (Å²) in [6.07, 6.45) is 2.12. The van der Waals surface area contributed by atoms with Crippen molar-refractivity contribution in [1.82, 2.24) is 14.5 Å². The second-order valence-corrected chi connectivity index (χ2v) is 10.9. The molecule has 1 aliphatic carbocycles. The lowest BCUT2D eigenvalue weighted by Crippen LogP contribution is -2.35. The SMILES string of the molecule is COc1ccccc1C(=O)NCC1CCc2c(cnn2S(=O)(=O)c2ccc(F)c(F)c2F)C1c1ccccc1. The maximum Gasteiger partial charge on any atom is 0.286 e. The van der Waals surface area contributed by atoms with Gasteiger partial charge in [-0.25, -0.2) is 13.2 Å². The molecular formula is C28H24F3N3O4S. The second kappa shape index (κ2) is 10.6. The van der Waals surface area contributed by atoms with Crippen molar-refractivity contribution < 1.29 is 31.1 Å². The van der Waals surface area contributed by atoms with Crippen LogP contribution < -0.4 is 10.1 Å². The zero-order valence-electron chi connectivity index (χ0n) is 20.8. The van der Waals surface area contributed by atoms with Gasteiger partial charge in [-0.3, -0.25) is 4.79 Å². The van der Waals surface area contributed by atoms with Gasteiger partial charge >= 0.3 is 0 Å². The molecule has 7 nitrogen and oxygen atoms in total. The van der Waals surface area contributed by atoms with E-state index in [9.17, 15) is 26.4 Å². The Bertz CT molecular complexity index is 1640. The fourth-order valence-corrected chi connectivity index (χ4v) is 6.50. The first-order valence-corrected chi connectivity index (χ1v) is 13.6. The Kier molecular flexibility index (Phi) is 7.17. The molecule has 1 N–H and O–H groups in total. The molecule has 0 bridgehead atoms. The van der Waals surface area contributed by atoms with Crippen LogP contribution in [-0.4, -0.2) is 37.2 Å². The van der Waals surface area contributed by atoms with Crippen molar-refractivity contribution in [1.29, 1.82) is 0 Å². The predicted molar refractivity (Wildman–Crippen MR) is 137 cm³/mol. The standard InChI is InChI=1S/C28H24F3N3O4S/c1-38-23-10-6-5-9-19(23)28(35)32-15-18-11-13-22-20(25(18)17-7-3-2-4-8-17)16-33-34(22)39(36,37)24-14-12-21(29)26(30)27(24)31/h2-10,12,14,16,18,25H,11,13,15H2,1H3,(H,32,35). The molecule has 0 saturated carbocycles. The van der Waals surface area contributed by atoms with Gasteiger partial charge in [0.2, 0.25) is 0 Å². The Morgan fingerprint density at radius 3 is 2.49 bits per heavy atom. The minimum absolute atomic E-state index is 0.126. The number of benzene rings is 3. The van der Waals surface area contributed by atoms with E-state index in [4.69, 9.17) is 4.74 Å². The number of ether oxygens (including phenoxy) is 1. The highest BCUT2D eigenvalue weighted by molar-refractivity contribution is 7.89. The van der Waals surface area contributed by atoms with Gasteiger partial charge in [-0.2, -0.15) is 17.6 Å². The van der Waals surface area contributed by atoms with Gasteiger partial charge in [0.25, 0.3) is 15.9 Å². The Hall–Kier alpha value is -4.12. The van der Waals surface area contributed by atoms with E-state index >= 15 is 0 Å². The number of fused-ring (bicyclic) bond motifs is 1. The summed E-state index contributed by atoms with van der Waals surface area (Å²) in [6, 6.07) is 17.5. The topological polar surface area (TPSA) is 90.3 Å². The molecule has 3 aromatic carbocycles. The molecule has 0 fully saturated rings. The van der Waals surface area contributed by atoms with Gasteiger partial charge in [0.15, 0.2) is 17.5 Å². The van der Waals surface area contributed by atoms with E-state index in [1.165, 1.54) is 13.3 Å². The number of carbonyl (C=O) groups excluding carboxylic acids is 1. The second-order valence-electron chi connectivity index (χ2n) is 9.17. The molecule has 1 amide bonds. The van der Waals surface area contributed by atoms with Crippen LogP contribution in [0.4, 0.5) is 13.2 Å². The molecule has 0 saturated heterocycles. The molecular weight excluding hydrogens is 531 g/mol. The van der Waals surface area contributed by atoms with Crippen molar-refractivity contribution in [2.24, 2.45) is 5.92 Å². The Labute approximate surface area is 223 Å². The molecule has 1 aromatic heterocycles. The number of para-hydroxylation sites is 1. The summed E-state index contributed by atoms with van der Waals surface area (Å²) >= 11 is 0. The Morgan fingerprint density at radius 1 is 1.03 bits per heavy atom. The first-order valence-electron chi connectivity index (χ1n) is 12.2. The molecule has 39 heavy (non-hydrogen) atoms. The number of aromatic nitrogens is 2. The molecule has 11 heteroatoms. The average Bonchev–Trinajstić information content (AvgIpc) is 3.39. The van der Waals surface area contributed by atoms with E-state index in [2.05, 4.69) is 10.4 Å². The van der Waals surface area contributed by atoms with Crippen molar-refractivity contribution in [3.8, 4) is 5.75 Å². The molecule has 202 valence electrons. The summed E-state index contributed by atoms with van der Waals surface area (Å²) < 4.78 is 74.4. The Morgan fingerprint density at radius 2 is 1.74 bits per heavy atom. The third kappa shape index (κ3) is 4.78. The van der Waals surface area contributed by atoms with Crippen molar-refractivity contribution in [3.63, 3.8) is 0 Å². The first kappa shape index (κ1) is 26.5. The van der Waals surface area contributed by atoms with Gasteiger partial charge in [-0.1, -0.05) is 42.5 Å². The number of amides is 1. The molecule has 0 radical (unpaired) electrons. The fourth-order valence-electron chi connectivity index (χ4n) is 5.10. The van der Waals surface area contributed by atoms with Crippen LogP contribution in [0.25, 0.3) is 0 Å². The summed E-state index contributed by atoms with van der Waals surface area (Å²) in [6.45, 7) is 0.283. The molecule has 4 aromatic rings. The van der Waals surface area contributed by atoms with Crippen LogP contribution in [0.15, 0.2) is 77.8 Å². The lowest BCUT2D eigenvalue weighted by molar-refractivity contribution is 0.0941. The molecule has 0 aliphatic heterocycles. The van der Waals surface area contributed by atoms with Gasteiger partial charge in [-0.05, 0) is 48.6 Å². The van der Waals surface area contributed by atoms with Crippen LogP contribution in [0, 0.1) is 23.4 Å². The van der Waals surface area contributed by atoms with Crippen molar-refractivity contribution >= 4 is 15.9 Å². The van der Waals surface area contributed by atoms with E-state index in [0.29, 0.717) is 45.2 Å². The highest BCUT2D eigenvalue weighted by atomic mass is 32.2. The molecule has 1 aliphatic rings. The van der Waals surface area contributed by atoms with Gasteiger partial charge in [0, 0.05) is 18.0 Å². The first-order chi connectivity index (χ1) is 18.7. The number of halogens is 3. The van der Waals surface area contributed by atoms with Gasteiger partial charge in [0.1, 0.15) is 10.6 Å². The van der Waals surface area contributed by atoms with E-state index in [-0.39, 0.29) is 30.7 Å². The molecule has 2 unspecified atom stereocenters. The van der Waals surface area contributed by atoms with Crippen molar-refractivity contribution in [3.05, 3.63) is 113 Å². The summed E-state index contributed by atoms with van der Waals surface area (Å²) in [5.74, 6) is -5.49. The van der Waals surface area contributed by atoms with E-state index in [0.717, 1.165) is 5.56 Å². The van der Waals surface area contributed by atoms with E-state index < -0.39 is 32.4 Å². The van der Waals surface area contributed by atoms with Crippen LogP contribution in [0.1, 0.15) is 39.5 Å². The molecule has 0 spiro atoms. The predicted octanol–water partition coefficient (Wildman–Crippen LogP) is 4.67. The number of hydrogen-bond acceptors (Lipinski definition) is 5. The third-order valence-electron chi connectivity index (χ3n) is 6.96. The number of methoxy groups -OCH3 is 1. The van der Waals surface area contributed by atoms with Gasteiger partial charge in [0.05, 0.1) is 24.6 Å². The van der Waals surface area contributed by atoms with Crippen LogP contribution >= 0.6 is 0 Å². The highest BCUT2D eigenvalue weighted by Gasteiger charge is 2.37. The monoisotopic (exact) mass is 555 g/mol. The number of nitrogens with zero attached hydrogens (tertiary/aromatic N) is 2. The van der Waals surface area contributed by atoms with E-state index in [1.54, 1.807) is 24.3 Å². The highest BCUT2D eigenvalue weighted by Crippen LogP contribution is 2.41. The quantitative estimate of drug-likeness (QED) is 0.335. The zero-order valence-corrected chi connectivity index (χ0v) is 21.6. The third-order valence-corrected chi connectivity index (χ3v) is 8.61. The summed E-state index contributed by atoms with van der Waals surface area (Å²) in [7, 11) is -3.18. The van der Waals surface area contributed by atoms with Crippen LogP contribution in [0.5, 0.6) is 5.75 Å². The van der Waals surface area contributed by atoms with Crippen LogP contribution in [0.2, 0.25) is 0 Å². The summed E-state index contributed by atoms with van der Waals surface area (Å²) in [5.41, 5.74) is 2.18. The summed E-state index contributed by atoms with van der Waals surface area (Å²) in [4.78, 5) is 11.9. The Balaban J connectivity index is 1.49. The summed E-state index contributed by atoms with van der Waals surface area (Å²) in [5, 5.41) is 7.02. The van der Waals surface area contributed by atoms with E-state index in [1.807, 2.05) is 30.3 Å². The molecule has 5 rings (SSSR count). The fraction of sp³-hybridized carbons (Fsp3) is 0.214. The zero-order chi connectivity index (χ0) is 27.7. The smallest absolute Gasteiger partial charge is 0.286 e. The molecule has 1 heterocycles. The van der Waals surface area contributed by atoms with Gasteiger partial charge in [-0.15, -0.1) is 0 Å². The molecule has 2 atom stereocenters. The largest absolute Gasteiger partial charge is 0.496 e. The maximum atomic E-state index is 14.5. The van der Waals surface area contributed by atoms with Gasteiger partial charge < -0.3 is 10.1 Å². The van der Waals surface area contributed by atoms with Crippen molar-refractivity contribution in [2.45, 2.75) is 23.7 Å². The maximum absolute atomic E-state index is 14.5.